The van der Waals surface area contributed by atoms with Crippen LogP contribution in [0.2, 0.25) is 5.02 Å². The van der Waals surface area contributed by atoms with Gasteiger partial charge in [0.15, 0.2) is 0 Å². The molecule has 0 saturated carbocycles. The Kier molecular flexibility index (Phi) is 10.8. The van der Waals surface area contributed by atoms with Gasteiger partial charge in [-0.1, -0.05) is 83.9 Å². The van der Waals surface area contributed by atoms with Gasteiger partial charge in [-0.25, -0.2) is 8.42 Å². The summed E-state index contributed by atoms with van der Waals surface area (Å²) in [6, 6.07) is 29.0. The van der Waals surface area contributed by atoms with Crippen LogP contribution in [0, 0.1) is 13.8 Å². The van der Waals surface area contributed by atoms with Crippen molar-refractivity contribution in [1.82, 2.24) is 10.2 Å². The van der Waals surface area contributed by atoms with Gasteiger partial charge < -0.3 is 10.2 Å². The summed E-state index contributed by atoms with van der Waals surface area (Å²) < 4.78 is 29.3. The first-order valence-electron chi connectivity index (χ1n) is 14.5. The third kappa shape index (κ3) is 8.49. The lowest BCUT2D eigenvalue weighted by molar-refractivity contribution is -0.140. The smallest absolute Gasteiger partial charge is 0.264 e. The van der Waals surface area contributed by atoms with Crippen molar-refractivity contribution in [2.45, 2.75) is 57.6 Å². The molecule has 4 aromatic carbocycles. The minimum atomic E-state index is -4.15. The van der Waals surface area contributed by atoms with E-state index in [1.165, 1.54) is 17.0 Å². The lowest BCUT2D eigenvalue weighted by Crippen LogP contribution is -2.54. The summed E-state index contributed by atoms with van der Waals surface area (Å²) in [5, 5.41) is 3.50. The van der Waals surface area contributed by atoms with Crippen molar-refractivity contribution in [2.24, 2.45) is 0 Å². The van der Waals surface area contributed by atoms with E-state index in [2.05, 4.69) is 5.32 Å². The molecule has 1 N–H and O–H groups in total. The third-order valence-electron chi connectivity index (χ3n) is 7.15. The summed E-state index contributed by atoms with van der Waals surface area (Å²) in [5.74, 6) is -0.841. The van der Waals surface area contributed by atoms with Crippen LogP contribution < -0.4 is 9.62 Å². The second kappa shape index (κ2) is 14.6. The summed E-state index contributed by atoms with van der Waals surface area (Å²) in [6.45, 7) is 7.02. The van der Waals surface area contributed by atoms with Crippen LogP contribution in [0.1, 0.15) is 36.1 Å². The number of halogens is 1. The average Bonchev–Trinajstić information content (AvgIpc) is 2.98. The van der Waals surface area contributed by atoms with Gasteiger partial charge in [-0.05, 0) is 80.8 Å². The van der Waals surface area contributed by atoms with Crippen LogP contribution in [0.15, 0.2) is 108 Å². The van der Waals surface area contributed by atoms with Gasteiger partial charge in [-0.15, -0.1) is 0 Å². The fraction of sp³-hybridized carbons (Fsp3) is 0.257. The van der Waals surface area contributed by atoms with Gasteiger partial charge in [0, 0.05) is 24.0 Å². The van der Waals surface area contributed by atoms with Gasteiger partial charge in [-0.2, -0.15) is 0 Å². The van der Waals surface area contributed by atoms with Crippen molar-refractivity contribution in [2.75, 3.05) is 10.8 Å². The molecule has 0 heterocycles. The highest BCUT2D eigenvalue weighted by atomic mass is 35.5. The predicted octanol–water partition coefficient (Wildman–Crippen LogP) is 6.32. The highest BCUT2D eigenvalue weighted by Gasteiger charge is 2.34. The monoisotopic (exact) mass is 631 g/mol. The van der Waals surface area contributed by atoms with E-state index in [1.807, 2.05) is 64.1 Å². The number of rotatable bonds is 12. The van der Waals surface area contributed by atoms with Gasteiger partial charge >= 0.3 is 0 Å². The highest BCUT2D eigenvalue weighted by Crippen LogP contribution is 2.26. The van der Waals surface area contributed by atoms with E-state index in [4.69, 9.17) is 11.6 Å². The molecule has 0 saturated heterocycles. The first-order valence-corrected chi connectivity index (χ1v) is 16.3. The topological polar surface area (TPSA) is 86.8 Å². The Bertz CT molecular complexity index is 1680. The van der Waals surface area contributed by atoms with Crippen LogP contribution in [0.4, 0.5) is 5.69 Å². The minimum absolute atomic E-state index is 0.0695. The Balaban J connectivity index is 1.80. The molecule has 0 aliphatic carbocycles. The van der Waals surface area contributed by atoms with Gasteiger partial charge in [0.1, 0.15) is 12.6 Å². The van der Waals surface area contributed by atoms with Crippen molar-refractivity contribution in [3.63, 3.8) is 0 Å². The van der Waals surface area contributed by atoms with E-state index in [9.17, 15) is 18.0 Å². The lowest BCUT2D eigenvalue weighted by Gasteiger charge is -2.34. The minimum Gasteiger partial charge on any atom is -0.352 e. The van der Waals surface area contributed by atoms with Crippen molar-refractivity contribution in [3.8, 4) is 0 Å². The predicted molar refractivity (Wildman–Crippen MR) is 176 cm³/mol. The maximum Gasteiger partial charge on any atom is 0.264 e. The molecule has 2 amide bonds. The number of amides is 2. The molecule has 44 heavy (non-hydrogen) atoms. The number of nitrogens with one attached hydrogen (secondary N) is 1. The Morgan fingerprint density at radius 2 is 1.45 bits per heavy atom. The van der Waals surface area contributed by atoms with Gasteiger partial charge in [0.25, 0.3) is 10.0 Å². The number of benzene rings is 4. The summed E-state index contributed by atoms with van der Waals surface area (Å²) in [5.41, 5.74) is 3.73. The van der Waals surface area contributed by atoms with E-state index in [1.54, 1.807) is 54.6 Å². The second-order valence-electron chi connectivity index (χ2n) is 11.2. The van der Waals surface area contributed by atoms with Gasteiger partial charge in [0.05, 0.1) is 10.6 Å². The second-order valence-corrected chi connectivity index (χ2v) is 13.5. The molecule has 0 radical (unpaired) electrons. The molecular weight excluding hydrogens is 594 g/mol. The first kappa shape index (κ1) is 32.8. The summed E-state index contributed by atoms with van der Waals surface area (Å²) in [4.78, 5) is 29.7. The first-order chi connectivity index (χ1) is 20.9. The van der Waals surface area contributed by atoms with E-state index in [0.717, 1.165) is 26.6 Å². The molecule has 0 aromatic heterocycles. The number of carbonyl (C=O) groups is 2. The van der Waals surface area contributed by atoms with Crippen LogP contribution in [-0.2, 0) is 32.6 Å². The molecule has 1 unspecified atom stereocenters. The summed E-state index contributed by atoms with van der Waals surface area (Å²) >= 11 is 6.14. The van der Waals surface area contributed by atoms with Crippen molar-refractivity contribution in [3.05, 3.63) is 130 Å². The molecule has 4 rings (SSSR count). The number of anilines is 1. The Morgan fingerprint density at radius 3 is 2.07 bits per heavy atom. The van der Waals surface area contributed by atoms with Crippen molar-refractivity contribution >= 4 is 39.1 Å². The number of aryl methyl sites for hydroxylation is 2. The van der Waals surface area contributed by atoms with Crippen LogP contribution >= 0.6 is 11.6 Å². The Hall–Kier alpha value is -4.14. The number of nitrogens with zero attached hydrogens (tertiary/aromatic N) is 2. The summed E-state index contributed by atoms with van der Waals surface area (Å²) in [6.07, 6.45) is 0.244. The Morgan fingerprint density at radius 1 is 0.795 bits per heavy atom. The standard InChI is InChI=1S/C35H38ClN3O4S/c1-25(2)37-35(41)33(22-28-10-6-5-7-11-28)38(23-29-15-17-30(36)18-16-29)34(40)24-39(31-12-8-9-27(4)21-31)44(42,43)32-19-13-26(3)14-20-32/h5-21,25,33H,22-24H2,1-4H3,(H,37,41). The van der Waals surface area contributed by atoms with Crippen LogP contribution in [-0.4, -0.2) is 43.8 Å². The van der Waals surface area contributed by atoms with Crippen LogP contribution in [0.3, 0.4) is 0 Å². The molecule has 230 valence electrons. The number of hydrogen-bond donors (Lipinski definition) is 1. The molecule has 4 aromatic rings. The maximum atomic E-state index is 14.5. The maximum absolute atomic E-state index is 14.5. The quantitative estimate of drug-likeness (QED) is 0.198. The fourth-order valence-electron chi connectivity index (χ4n) is 4.87. The average molecular weight is 632 g/mol. The van der Waals surface area contributed by atoms with Crippen molar-refractivity contribution < 1.29 is 18.0 Å². The van der Waals surface area contributed by atoms with Crippen molar-refractivity contribution in [1.29, 1.82) is 0 Å². The molecular formula is C35H38ClN3O4S. The van der Waals surface area contributed by atoms with Crippen LogP contribution in [0.25, 0.3) is 0 Å². The van der Waals surface area contributed by atoms with E-state index in [-0.39, 0.29) is 29.8 Å². The molecule has 0 bridgehead atoms. The number of hydrogen-bond acceptors (Lipinski definition) is 4. The Labute approximate surface area is 265 Å². The third-order valence-corrected chi connectivity index (χ3v) is 9.19. The molecule has 7 nitrogen and oxygen atoms in total. The van der Waals surface area contributed by atoms with E-state index < -0.39 is 28.5 Å². The fourth-order valence-corrected chi connectivity index (χ4v) is 6.40. The number of sulfonamides is 1. The van der Waals surface area contributed by atoms with E-state index >= 15 is 0 Å². The lowest BCUT2D eigenvalue weighted by atomic mass is 10.0. The zero-order chi connectivity index (χ0) is 31.9. The number of carbonyl (C=O) groups excluding carboxylic acids is 2. The molecule has 0 spiro atoms. The molecule has 9 heteroatoms. The SMILES string of the molecule is Cc1ccc(S(=O)(=O)N(CC(=O)N(Cc2ccc(Cl)cc2)C(Cc2ccccc2)C(=O)NC(C)C)c2cccc(C)c2)cc1. The van der Waals surface area contributed by atoms with E-state index in [0.29, 0.717) is 10.7 Å². The zero-order valence-corrected chi connectivity index (χ0v) is 27.0. The normalized spacial score (nSPS) is 12.0. The van der Waals surface area contributed by atoms with Crippen LogP contribution in [0.5, 0.6) is 0 Å². The van der Waals surface area contributed by atoms with Gasteiger partial charge in [0.2, 0.25) is 11.8 Å². The summed E-state index contributed by atoms with van der Waals surface area (Å²) in [7, 11) is -4.15. The van der Waals surface area contributed by atoms with Gasteiger partial charge in [-0.3, -0.25) is 13.9 Å². The molecule has 0 aliphatic heterocycles. The largest absolute Gasteiger partial charge is 0.352 e. The molecule has 1 atom stereocenters. The highest BCUT2D eigenvalue weighted by molar-refractivity contribution is 7.92. The zero-order valence-electron chi connectivity index (χ0n) is 25.4. The molecule has 0 fully saturated rings. The molecule has 0 aliphatic rings.